The summed E-state index contributed by atoms with van der Waals surface area (Å²) in [5.41, 5.74) is 4.79. The molecule has 0 aliphatic carbocycles. The zero-order valence-corrected chi connectivity index (χ0v) is 10.8. The van der Waals surface area contributed by atoms with Gasteiger partial charge in [0.2, 0.25) is 0 Å². The number of rotatable bonds is 4. The van der Waals surface area contributed by atoms with Crippen LogP contribution in [0.3, 0.4) is 0 Å². The van der Waals surface area contributed by atoms with Gasteiger partial charge in [-0.1, -0.05) is 6.07 Å². The maximum atomic E-state index is 11.0. The largest absolute Gasteiger partial charge is 0.496 e. The first kappa shape index (κ1) is 12.8. The van der Waals surface area contributed by atoms with Gasteiger partial charge in [0.1, 0.15) is 11.5 Å². The van der Waals surface area contributed by atoms with Crippen LogP contribution in [0.1, 0.15) is 35.6 Å². The summed E-state index contributed by atoms with van der Waals surface area (Å²) in [6, 6.07) is 2.16. The van der Waals surface area contributed by atoms with Crippen molar-refractivity contribution in [3.05, 3.63) is 28.3 Å². The molecule has 0 aliphatic heterocycles. The predicted octanol–water partition coefficient (Wildman–Crippen LogP) is 3.14. The van der Waals surface area contributed by atoms with Crippen molar-refractivity contribution in [2.24, 2.45) is 0 Å². The number of aryl methyl sites for hydroxylation is 2. The molecule has 0 heterocycles. The second-order valence-electron chi connectivity index (χ2n) is 4.35. The molecule has 1 aromatic carbocycles. The number of carbonyl (C=O) groups is 1. The monoisotopic (exact) mass is 220 g/mol. The fourth-order valence-electron chi connectivity index (χ4n) is 1.99. The molecule has 0 fully saturated rings. The van der Waals surface area contributed by atoms with Crippen molar-refractivity contribution in [2.75, 3.05) is 7.11 Å². The van der Waals surface area contributed by atoms with Gasteiger partial charge in [-0.05, 0) is 56.4 Å². The van der Waals surface area contributed by atoms with Gasteiger partial charge >= 0.3 is 0 Å². The van der Waals surface area contributed by atoms with Gasteiger partial charge < -0.3 is 9.53 Å². The lowest BCUT2D eigenvalue weighted by Crippen LogP contribution is -2.02. The fourth-order valence-corrected chi connectivity index (χ4v) is 1.99. The first-order chi connectivity index (χ1) is 7.47. The smallest absolute Gasteiger partial charge is 0.130 e. The molecule has 0 unspecified atom stereocenters. The molecular formula is C14H20O2. The van der Waals surface area contributed by atoms with Crippen molar-refractivity contribution in [3.8, 4) is 5.75 Å². The SMILES string of the molecule is COc1c(C)c(C)cc(C)c1CCC(C)=O. The highest BCUT2D eigenvalue weighted by molar-refractivity contribution is 5.76. The van der Waals surface area contributed by atoms with Gasteiger partial charge in [0, 0.05) is 6.42 Å². The Kier molecular flexibility index (Phi) is 4.11. The molecule has 1 aromatic rings. The van der Waals surface area contributed by atoms with Crippen molar-refractivity contribution in [2.45, 2.75) is 40.5 Å². The van der Waals surface area contributed by atoms with E-state index >= 15 is 0 Å². The maximum Gasteiger partial charge on any atom is 0.130 e. The van der Waals surface area contributed by atoms with E-state index in [2.05, 4.69) is 26.8 Å². The summed E-state index contributed by atoms with van der Waals surface area (Å²) >= 11 is 0. The number of carbonyl (C=O) groups excluding carboxylic acids is 1. The highest BCUT2D eigenvalue weighted by Crippen LogP contribution is 2.30. The van der Waals surface area contributed by atoms with E-state index in [1.54, 1.807) is 14.0 Å². The average Bonchev–Trinajstić information content (AvgIpc) is 2.21. The molecule has 0 radical (unpaired) electrons. The van der Waals surface area contributed by atoms with Crippen LogP contribution < -0.4 is 4.74 Å². The van der Waals surface area contributed by atoms with E-state index in [1.807, 2.05) is 0 Å². The third-order valence-corrected chi connectivity index (χ3v) is 3.05. The van der Waals surface area contributed by atoms with E-state index in [4.69, 9.17) is 4.74 Å². The standard InChI is InChI=1S/C14H20O2/c1-9-8-10(2)13(7-6-11(3)15)14(16-5)12(9)4/h8H,6-7H2,1-5H3. The summed E-state index contributed by atoms with van der Waals surface area (Å²) in [6.07, 6.45) is 1.35. The van der Waals surface area contributed by atoms with E-state index in [9.17, 15) is 4.79 Å². The minimum absolute atomic E-state index is 0.222. The summed E-state index contributed by atoms with van der Waals surface area (Å²) in [5, 5.41) is 0. The molecule has 0 N–H and O–H groups in total. The Bertz CT molecular complexity index is 406. The third kappa shape index (κ3) is 2.63. The van der Waals surface area contributed by atoms with Crippen LogP contribution in [-0.4, -0.2) is 12.9 Å². The van der Waals surface area contributed by atoms with Crippen LogP contribution in [0.25, 0.3) is 0 Å². The van der Waals surface area contributed by atoms with Crippen LogP contribution in [0.4, 0.5) is 0 Å². The van der Waals surface area contributed by atoms with Crippen LogP contribution in [0, 0.1) is 20.8 Å². The van der Waals surface area contributed by atoms with Crippen LogP contribution >= 0.6 is 0 Å². The fraction of sp³-hybridized carbons (Fsp3) is 0.500. The van der Waals surface area contributed by atoms with Gasteiger partial charge in [0.25, 0.3) is 0 Å². The molecule has 0 bridgehead atoms. The topological polar surface area (TPSA) is 26.3 Å². The summed E-state index contributed by atoms with van der Waals surface area (Å²) in [5.74, 6) is 1.17. The number of hydrogen-bond donors (Lipinski definition) is 0. The average molecular weight is 220 g/mol. The van der Waals surface area contributed by atoms with E-state index < -0.39 is 0 Å². The summed E-state index contributed by atoms with van der Waals surface area (Å²) < 4.78 is 5.46. The summed E-state index contributed by atoms with van der Waals surface area (Å²) in [4.78, 5) is 11.0. The molecule has 0 aliphatic rings. The van der Waals surface area contributed by atoms with Crippen molar-refractivity contribution < 1.29 is 9.53 Å². The van der Waals surface area contributed by atoms with Gasteiger partial charge in [-0.2, -0.15) is 0 Å². The van der Waals surface area contributed by atoms with Crippen LogP contribution in [-0.2, 0) is 11.2 Å². The Hall–Kier alpha value is -1.31. The van der Waals surface area contributed by atoms with Crippen molar-refractivity contribution in [1.82, 2.24) is 0 Å². The van der Waals surface area contributed by atoms with Gasteiger partial charge in [-0.3, -0.25) is 0 Å². The molecule has 0 saturated heterocycles. The number of ketones is 1. The number of benzene rings is 1. The first-order valence-electron chi connectivity index (χ1n) is 5.60. The molecule has 0 aromatic heterocycles. The van der Waals surface area contributed by atoms with Crippen LogP contribution in [0.2, 0.25) is 0 Å². The zero-order valence-electron chi connectivity index (χ0n) is 10.8. The highest BCUT2D eigenvalue weighted by Gasteiger charge is 2.12. The molecule has 0 saturated carbocycles. The predicted molar refractivity (Wildman–Crippen MR) is 66.2 cm³/mol. The van der Waals surface area contributed by atoms with Crippen molar-refractivity contribution in [1.29, 1.82) is 0 Å². The normalized spacial score (nSPS) is 10.3. The highest BCUT2D eigenvalue weighted by atomic mass is 16.5. The Morgan fingerprint density at radius 1 is 1.25 bits per heavy atom. The summed E-state index contributed by atoms with van der Waals surface area (Å²) in [7, 11) is 1.69. The molecule has 0 amide bonds. The van der Waals surface area contributed by atoms with E-state index in [-0.39, 0.29) is 5.78 Å². The Balaban J connectivity index is 3.15. The molecular weight excluding hydrogens is 200 g/mol. The number of methoxy groups -OCH3 is 1. The van der Waals surface area contributed by atoms with Crippen LogP contribution in [0.5, 0.6) is 5.75 Å². The van der Waals surface area contributed by atoms with E-state index in [1.165, 1.54) is 22.3 Å². The van der Waals surface area contributed by atoms with Crippen molar-refractivity contribution in [3.63, 3.8) is 0 Å². The second kappa shape index (κ2) is 5.15. The molecule has 0 atom stereocenters. The molecule has 16 heavy (non-hydrogen) atoms. The van der Waals surface area contributed by atoms with Gasteiger partial charge in [0.15, 0.2) is 0 Å². The molecule has 2 heteroatoms. The first-order valence-corrected chi connectivity index (χ1v) is 5.60. The number of ether oxygens (including phenoxy) is 1. The Morgan fingerprint density at radius 2 is 1.88 bits per heavy atom. The minimum Gasteiger partial charge on any atom is -0.496 e. The molecule has 1 rings (SSSR count). The zero-order chi connectivity index (χ0) is 12.3. The Morgan fingerprint density at radius 3 is 2.38 bits per heavy atom. The minimum atomic E-state index is 0.222. The van der Waals surface area contributed by atoms with Gasteiger partial charge in [-0.25, -0.2) is 0 Å². The quantitative estimate of drug-likeness (QED) is 0.779. The third-order valence-electron chi connectivity index (χ3n) is 3.05. The Labute approximate surface area is 97.6 Å². The van der Waals surface area contributed by atoms with E-state index in [0.717, 1.165) is 12.2 Å². The summed E-state index contributed by atoms with van der Waals surface area (Å²) in [6.45, 7) is 7.85. The molecule has 88 valence electrons. The lowest BCUT2D eigenvalue weighted by atomic mass is 9.95. The lowest BCUT2D eigenvalue weighted by Gasteiger charge is -2.16. The number of hydrogen-bond acceptors (Lipinski definition) is 2. The maximum absolute atomic E-state index is 11.0. The number of Topliss-reactive ketones (excluding diaryl/α,β-unsaturated/α-hetero) is 1. The van der Waals surface area contributed by atoms with Gasteiger partial charge in [0.05, 0.1) is 7.11 Å². The second-order valence-corrected chi connectivity index (χ2v) is 4.35. The van der Waals surface area contributed by atoms with E-state index in [0.29, 0.717) is 6.42 Å². The van der Waals surface area contributed by atoms with Crippen LogP contribution in [0.15, 0.2) is 6.07 Å². The van der Waals surface area contributed by atoms with Crippen molar-refractivity contribution >= 4 is 5.78 Å². The lowest BCUT2D eigenvalue weighted by molar-refractivity contribution is -0.116. The molecule has 0 spiro atoms. The molecule has 2 nitrogen and oxygen atoms in total. The van der Waals surface area contributed by atoms with Gasteiger partial charge in [-0.15, -0.1) is 0 Å².